The van der Waals surface area contributed by atoms with Gasteiger partial charge in [0.15, 0.2) is 0 Å². The predicted molar refractivity (Wildman–Crippen MR) is 47.7 cm³/mol. The third-order valence-electron chi connectivity index (χ3n) is 2.16. The fourth-order valence-corrected chi connectivity index (χ4v) is 1.50. The minimum absolute atomic E-state index is 0.495. The van der Waals surface area contributed by atoms with Crippen molar-refractivity contribution in [3.05, 3.63) is 28.8 Å². The van der Waals surface area contributed by atoms with Crippen molar-refractivity contribution in [3.63, 3.8) is 0 Å². The molecule has 0 radical (unpaired) electrons. The summed E-state index contributed by atoms with van der Waals surface area (Å²) < 4.78 is 80.0. The maximum Gasteiger partial charge on any atom is 0.420 e. The zero-order valence-corrected chi connectivity index (χ0v) is 8.83. The van der Waals surface area contributed by atoms with Gasteiger partial charge < -0.3 is 4.74 Å². The van der Waals surface area contributed by atoms with E-state index in [-0.39, 0.29) is 0 Å². The molecule has 7 heteroatoms. The molecule has 0 aliphatic carbocycles. The van der Waals surface area contributed by atoms with Crippen molar-refractivity contribution in [2.45, 2.75) is 19.3 Å². The summed E-state index contributed by atoms with van der Waals surface area (Å²) in [6, 6.07) is 1.81. The molecule has 0 fully saturated rings. The van der Waals surface area contributed by atoms with E-state index in [2.05, 4.69) is 4.74 Å². The molecular weight excluding hydrogens is 250 g/mol. The molecule has 0 amide bonds. The second-order valence-electron chi connectivity index (χ2n) is 3.33. The van der Waals surface area contributed by atoms with E-state index in [1.54, 1.807) is 0 Å². The van der Waals surface area contributed by atoms with Crippen LogP contribution in [0, 0.1) is 6.92 Å². The highest BCUT2D eigenvalue weighted by atomic mass is 19.4. The molecule has 1 aromatic carbocycles. The van der Waals surface area contributed by atoms with Crippen LogP contribution in [0.3, 0.4) is 0 Å². The SMILES string of the molecule is COc1ccc(C)c(C(F)(F)F)c1C(F)(F)F. The first-order chi connectivity index (χ1) is 7.59. The number of halogens is 6. The highest BCUT2D eigenvalue weighted by Crippen LogP contribution is 2.46. The number of hydrogen-bond donors (Lipinski definition) is 0. The Hall–Kier alpha value is -1.40. The summed E-state index contributed by atoms with van der Waals surface area (Å²) >= 11 is 0. The quantitative estimate of drug-likeness (QED) is 0.691. The Balaban J connectivity index is 3.67. The van der Waals surface area contributed by atoms with Crippen LogP contribution in [0.4, 0.5) is 26.3 Å². The van der Waals surface area contributed by atoms with Crippen LogP contribution in [0.1, 0.15) is 16.7 Å². The van der Waals surface area contributed by atoms with Crippen molar-refractivity contribution < 1.29 is 31.1 Å². The molecule has 0 bridgehead atoms. The Labute approximate surface area is 93.0 Å². The Morgan fingerprint density at radius 1 is 0.882 bits per heavy atom. The highest BCUT2D eigenvalue weighted by molar-refractivity contribution is 5.48. The van der Waals surface area contributed by atoms with Gasteiger partial charge in [0.2, 0.25) is 0 Å². The number of aryl methyl sites for hydroxylation is 1. The predicted octanol–water partition coefficient (Wildman–Crippen LogP) is 4.04. The lowest BCUT2D eigenvalue weighted by atomic mass is 10.00. The fraction of sp³-hybridized carbons (Fsp3) is 0.400. The van der Waals surface area contributed by atoms with Gasteiger partial charge in [0.25, 0.3) is 0 Å². The van der Waals surface area contributed by atoms with Gasteiger partial charge >= 0.3 is 12.4 Å². The molecule has 1 aromatic rings. The van der Waals surface area contributed by atoms with Gasteiger partial charge in [-0.2, -0.15) is 26.3 Å². The van der Waals surface area contributed by atoms with E-state index in [0.717, 1.165) is 26.2 Å². The molecule has 0 saturated heterocycles. The van der Waals surface area contributed by atoms with E-state index in [9.17, 15) is 26.3 Å². The second-order valence-corrected chi connectivity index (χ2v) is 3.33. The van der Waals surface area contributed by atoms with Gasteiger partial charge in [-0.3, -0.25) is 0 Å². The van der Waals surface area contributed by atoms with E-state index in [0.29, 0.717) is 0 Å². The Bertz CT molecular complexity index is 418. The lowest BCUT2D eigenvalue weighted by Crippen LogP contribution is -2.19. The monoisotopic (exact) mass is 258 g/mol. The van der Waals surface area contributed by atoms with Crippen molar-refractivity contribution in [2.24, 2.45) is 0 Å². The maximum atomic E-state index is 12.6. The second kappa shape index (κ2) is 4.12. The molecule has 0 aromatic heterocycles. The molecule has 0 aliphatic rings. The average molecular weight is 258 g/mol. The fourth-order valence-electron chi connectivity index (χ4n) is 1.50. The van der Waals surface area contributed by atoms with Crippen LogP contribution < -0.4 is 4.74 Å². The minimum atomic E-state index is -5.12. The van der Waals surface area contributed by atoms with Crippen LogP contribution in [-0.2, 0) is 12.4 Å². The standard InChI is InChI=1S/C10H8F6O/c1-5-3-4-6(17-2)8(10(14,15)16)7(5)9(11,12)13/h3-4H,1-2H3. The molecule has 1 nitrogen and oxygen atoms in total. The Morgan fingerprint density at radius 3 is 1.71 bits per heavy atom. The Kier molecular flexibility index (Phi) is 3.31. The summed E-state index contributed by atoms with van der Waals surface area (Å²) in [4.78, 5) is 0. The summed E-state index contributed by atoms with van der Waals surface area (Å²) in [6.07, 6.45) is -10.2. The molecule has 0 spiro atoms. The van der Waals surface area contributed by atoms with Gasteiger partial charge in [0, 0.05) is 0 Å². The topological polar surface area (TPSA) is 9.23 Å². The van der Waals surface area contributed by atoms with Crippen molar-refractivity contribution in [2.75, 3.05) is 7.11 Å². The van der Waals surface area contributed by atoms with E-state index >= 15 is 0 Å². The number of benzene rings is 1. The van der Waals surface area contributed by atoms with Crippen LogP contribution in [0.25, 0.3) is 0 Å². The number of ether oxygens (including phenoxy) is 1. The minimum Gasteiger partial charge on any atom is -0.496 e. The van der Waals surface area contributed by atoms with Crippen LogP contribution in [0.2, 0.25) is 0 Å². The molecule has 0 N–H and O–H groups in total. The molecular formula is C10H8F6O. The summed E-state index contributed by atoms with van der Waals surface area (Å²) in [5.41, 5.74) is -3.98. The molecule has 0 aliphatic heterocycles. The maximum absolute atomic E-state index is 12.6. The Morgan fingerprint density at radius 2 is 1.35 bits per heavy atom. The van der Waals surface area contributed by atoms with Crippen LogP contribution in [0.5, 0.6) is 5.75 Å². The lowest BCUT2D eigenvalue weighted by molar-refractivity contribution is -0.163. The molecule has 17 heavy (non-hydrogen) atoms. The van der Waals surface area contributed by atoms with Crippen LogP contribution in [0.15, 0.2) is 12.1 Å². The summed E-state index contributed by atoms with van der Waals surface area (Å²) in [6.45, 7) is 0.970. The number of alkyl halides is 6. The third-order valence-corrected chi connectivity index (χ3v) is 2.16. The first-order valence-electron chi connectivity index (χ1n) is 4.41. The molecule has 0 unspecified atom stereocenters. The summed E-state index contributed by atoms with van der Waals surface area (Å²) in [5, 5.41) is 0. The van der Waals surface area contributed by atoms with Crippen molar-refractivity contribution in [1.29, 1.82) is 0 Å². The molecule has 96 valence electrons. The normalized spacial score (nSPS) is 12.7. The molecule has 0 heterocycles. The van der Waals surface area contributed by atoms with Gasteiger partial charge in [-0.25, -0.2) is 0 Å². The van der Waals surface area contributed by atoms with Gasteiger partial charge in [0.1, 0.15) is 11.3 Å². The van der Waals surface area contributed by atoms with Crippen molar-refractivity contribution in [1.82, 2.24) is 0 Å². The van der Waals surface area contributed by atoms with Crippen LogP contribution >= 0.6 is 0 Å². The first kappa shape index (κ1) is 13.7. The van der Waals surface area contributed by atoms with Gasteiger partial charge in [-0.15, -0.1) is 0 Å². The van der Waals surface area contributed by atoms with E-state index in [1.807, 2.05) is 0 Å². The third kappa shape index (κ3) is 2.65. The summed E-state index contributed by atoms with van der Waals surface area (Å²) in [7, 11) is 0.889. The zero-order valence-electron chi connectivity index (χ0n) is 8.83. The molecule has 1 rings (SSSR count). The molecule has 0 saturated carbocycles. The van der Waals surface area contributed by atoms with E-state index in [4.69, 9.17) is 0 Å². The van der Waals surface area contributed by atoms with Crippen molar-refractivity contribution >= 4 is 0 Å². The van der Waals surface area contributed by atoms with Gasteiger partial charge in [-0.1, -0.05) is 6.07 Å². The smallest absolute Gasteiger partial charge is 0.420 e. The van der Waals surface area contributed by atoms with Gasteiger partial charge in [-0.05, 0) is 18.6 Å². The van der Waals surface area contributed by atoms with E-state index < -0.39 is 34.8 Å². The number of methoxy groups -OCH3 is 1. The zero-order chi connectivity index (χ0) is 13.4. The van der Waals surface area contributed by atoms with Crippen LogP contribution in [-0.4, -0.2) is 7.11 Å². The van der Waals surface area contributed by atoms with Crippen molar-refractivity contribution in [3.8, 4) is 5.75 Å². The largest absolute Gasteiger partial charge is 0.496 e. The summed E-state index contributed by atoms with van der Waals surface area (Å²) in [5.74, 6) is -0.838. The van der Waals surface area contributed by atoms with E-state index in [1.165, 1.54) is 0 Å². The first-order valence-corrected chi connectivity index (χ1v) is 4.41. The lowest BCUT2D eigenvalue weighted by Gasteiger charge is -2.20. The number of hydrogen-bond acceptors (Lipinski definition) is 1. The number of rotatable bonds is 1. The average Bonchev–Trinajstić information content (AvgIpc) is 2.13. The molecule has 0 atom stereocenters. The van der Waals surface area contributed by atoms with Gasteiger partial charge in [0.05, 0.1) is 12.7 Å². The highest BCUT2D eigenvalue weighted by Gasteiger charge is 2.46.